The number of hydrogen-bond donors (Lipinski definition) is 1. The fraction of sp³-hybridized carbons (Fsp3) is 0.556. The smallest absolute Gasteiger partial charge is 0.240 e. The van der Waals surface area contributed by atoms with Gasteiger partial charge >= 0.3 is 0 Å². The van der Waals surface area contributed by atoms with Gasteiger partial charge in [-0.05, 0) is 0 Å². The molecular formula is C18H26ClN3O5. The van der Waals surface area contributed by atoms with Gasteiger partial charge in [-0.15, -0.1) is 0 Å². The Labute approximate surface area is 164 Å². The first kappa shape index (κ1) is 21.3. The van der Waals surface area contributed by atoms with E-state index < -0.39 is 0 Å². The molecule has 1 aromatic rings. The van der Waals surface area contributed by atoms with Crippen LogP contribution >= 0.6 is 11.6 Å². The number of halogens is 1. The molecule has 27 heavy (non-hydrogen) atoms. The molecule has 9 heteroatoms. The maximum Gasteiger partial charge on any atom is 0.240 e. The number of carbonyl (C=O) groups is 2. The van der Waals surface area contributed by atoms with Crippen LogP contribution in [0.15, 0.2) is 12.1 Å². The number of hydrogen-bond acceptors (Lipinski definition) is 6. The van der Waals surface area contributed by atoms with Gasteiger partial charge in [0.15, 0.2) is 0 Å². The predicted octanol–water partition coefficient (Wildman–Crippen LogP) is 1.16. The maximum atomic E-state index is 12.3. The number of anilines is 1. The van der Waals surface area contributed by atoms with Crippen molar-refractivity contribution < 1.29 is 23.8 Å². The summed E-state index contributed by atoms with van der Waals surface area (Å²) in [5.41, 5.74) is 0.426. The molecule has 1 N–H and O–H groups in total. The lowest BCUT2D eigenvalue weighted by molar-refractivity contribution is -0.123. The van der Waals surface area contributed by atoms with Crippen LogP contribution in [0.2, 0.25) is 5.02 Å². The Morgan fingerprint density at radius 2 is 1.89 bits per heavy atom. The number of benzene rings is 1. The Balaban J connectivity index is 2.02. The van der Waals surface area contributed by atoms with Gasteiger partial charge in [-0.2, -0.15) is 0 Å². The summed E-state index contributed by atoms with van der Waals surface area (Å²) in [6, 6.07) is 3.14. The number of carbonyl (C=O) groups excluding carboxylic acids is 2. The summed E-state index contributed by atoms with van der Waals surface area (Å²) < 4.78 is 15.8. The summed E-state index contributed by atoms with van der Waals surface area (Å²) in [6.07, 6.45) is 0. The molecule has 0 atom stereocenters. The highest BCUT2D eigenvalue weighted by molar-refractivity contribution is 6.32. The number of morpholine rings is 1. The number of amides is 2. The molecule has 0 saturated carbocycles. The molecule has 2 amide bonds. The highest BCUT2D eigenvalue weighted by Crippen LogP contribution is 2.38. The minimum atomic E-state index is -0.291. The summed E-state index contributed by atoms with van der Waals surface area (Å²) in [6.45, 7) is 5.66. The van der Waals surface area contributed by atoms with E-state index in [0.717, 1.165) is 19.6 Å². The zero-order valence-corrected chi connectivity index (χ0v) is 16.7. The van der Waals surface area contributed by atoms with Crippen LogP contribution < -0.4 is 19.7 Å². The van der Waals surface area contributed by atoms with Gasteiger partial charge < -0.3 is 19.5 Å². The monoisotopic (exact) mass is 399 g/mol. The van der Waals surface area contributed by atoms with Gasteiger partial charge in [0.25, 0.3) is 0 Å². The fourth-order valence-electron chi connectivity index (χ4n) is 2.80. The van der Waals surface area contributed by atoms with Gasteiger partial charge in [0.2, 0.25) is 11.8 Å². The molecule has 1 fully saturated rings. The van der Waals surface area contributed by atoms with Crippen LogP contribution in [0.25, 0.3) is 0 Å². The quantitative estimate of drug-likeness (QED) is 0.706. The highest BCUT2D eigenvalue weighted by atomic mass is 35.5. The second-order valence-corrected chi connectivity index (χ2v) is 6.47. The van der Waals surface area contributed by atoms with Crippen molar-refractivity contribution in [3.63, 3.8) is 0 Å². The minimum Gasteiger partial charge on any atom is -0.495 e. The van der Waals surface area contributed by atoms with Crippen LogP contribution in [0, 0.1) is 0 Å². The van der Waals surface area contributed by atoms with E-state index in [4.69, 9.17) is 25.8 Å². The Morgan fingerprint density at radius 1 is 1.22 bits per heavy atom. The molecule has 0 radical (unpaired) electrons. The fourth-order valence-corrected chi connectivity index (χ4v) is 3.03. The van der Waals surface area contributed by atoms with Gasteiger partial charge in [0.05, 0.1) is 38.1 Å². The average Bonchev–Trinajstić information content (AvgIpc) is 2.66. The van der Waals surface area contributed by atoms with E-state index in [0.29, 0.717) is 42.0 Å². The second-order valence-electron chi connectivity index (χ2n) is 6.07. The molecular weight excluding hydrogens is 374 g/mol. The molecule has 0 unspecified atom stereocenters. The predicted molar refractivity (Wildman–Crippen MR) is 103 cm³/mol. The molecule has 0 bridgehead atoms. The first-order valence-corrected chi connectivity index (χ1v) is 9.10. The topological polar surface area (TPSA) is 80.3 Å². The molecule has 0 aromatic heterocycles. The van der Waals surface area contributed by atoms with Crippen LogP contribution in [0.4, 0.5) is 5.69 Å². The van der Waals surface area contributed by atoms with Gasteiger partial charge in [-0.25, -0.2) is 0 Å². The molecule has 0 spiro atoms. The Hall–Kier alpha value is -2.03. The summed E-state index contributed by atoms with van der Waals surface area (Å²) >= 11 is 6.11. The maximum absolute atomic E-state index is 12.3. The third-order valence-corrected chi connectivity index (χ3v) is 4.58. The number of rotatable bonds is 8. The molecule has 1 aliphatic rings. The van der Waals surface area contributed by atoms with E-state index in [1.165, 1.54) is 26.0 Å². The van der Waals surface area contributed by atoms with Crippen LogP contribution in [0.3, 0.4) is 0 Å². The van der Waals surface area contributed by atoms with Crippen molar-refractivity contribution in [3.8, 4) is 11.5 Å². The molecule has 1 heterocycles. The molecule has 1 aromatic carbocycles. The standard InChI is InChI=1S/C18H26ClN3O5/c1-13(23)22(15-11-16(25-2)14(19)10-17(15)26-3)12-18(24)20-4-5-21-6-8-27-9-7-21/h10-11H,4-9,12H2,1-3H3,(H,20,24). The van der Waals surface area contributed by atoms with Crippen molar-refractivity contribution in [2.75, 3.05) is 65.1 Å². The normalized spacial score (nSPS) is 14.5. The molecule has 1 saturated heterocycles. The third-order valence-electron chi connectivity index (χ3n) is 4.28. The number of nitrogens with zero attached hydrogens (tertiary/aromatic N) is 2. The van der Waals surface area contributed by atoms with E-state index in [2.05, 4.69) is 10.2 Å². The molecule has 150 valence electrons. The van der Waals surface area contributed by atoms with Crippen molar-refractivity contribution in [2.24, 2.45) is 0 Å². The Morgan fingerprint density at radius 3 is 2.48 bits per heavy atom. The second kappa shape index (κ2) is 10.3. The zero-order chi connectivity index (χ0) is 19.8. The summed E-state index contributed by atoms with van der Waals surface area (Å²) in [5.74, 6) is 0.235. The lowest BCUT2D eigenvalue weighted by Crippen LogP contribution is -2.44. The summed E-state index contributed by atoms with van der Waals surface area (Å²) in [5, 5.41) is 3.21. The number of nitrogens with one attached hydrogen (secondary N) is 1. The van der Waals surface area contributed by atoms with Gasteiger partial charge in [0, 0.05) is 45.2 Å². The van der Waals surface area contributed by atoms with Crippen molar-refractivity contribution in [2.45, 2.75) is 6.92 Å². The SMILES string of the molecule is COc1cc(N(CC(=O)NCCN2CCOCC2)C(C)=O)c(OC)cc1Cl. The van der Waals surface area contributed by atoms with E-state index in [-0.39, 0.29) is 18.4 Å². The van der Waals surface area contributed by atoms with Crippen LogP contribution in [0.1, 0.15) is 6.92 Å². The lowest BCUT2D eigenvalue weighted by atomic mass is 10.2. The van der Waals surface area contributed by atoms with Crippen molar-refractivity contribution >= 4 is 29.1 Å². The Bertz CT molecular complexity index is 665. The van der Waals surface area contributed by atoms with Crippen molar-refractivity contribution in [1.29, 1.82) is 0 Å². The van der Waals surface area contributed by atoms with E-state index in [9.17, 15) is 9.59 Å². The van der Waals surface area contributed by atoms with Gasteiger partial charge in [0.1, 0.15) is 18.0 Å². The third kappa shape index (κ3) is 5.98. The van der Waals surface area contributed by atoms with E-state index in [1.54, 1.807) is 12.1 Å². The van der Waals surface area contributed by atoms with Crippen LogP contribution in [-0.2, 0) is 14.3 Å². The average molecular weight is 400 g/mol. The first-order chi connectivity index (χ1) is 13.0. The molecule has 2 rings (SSSR count). The van der Waals surface area contributed by atoms with Gasteiger partial charge in [-0.1, -0.05) is 11.6 Å². The Kier molecular flexibility index (Phi) is 8.15. The summed E-state index contributed by atoms with van der Waals surface area (Å²) in [7, 11) is 2.95. The number of methoxy groups -OCH3 is 2. The summed E-state index contributed by atoms with van der Waals surface area (Å²) in [4.78, 5) is 28.1. The van der Waals surface area contributed by atoms with Crippen LogP contribution in [-0.4, -0.2) is 76.9 Å². The minimum absolute atomic E-state index is 0.125. The zero-order valence-electron chi connectivity index (χ0n) is 15.9. The first-order valence-electron chi connectivity index (χ1n) is 8.72. The van der Waals surface area contributed by atoms with Crippen LogP contribution in [0.5, 0.6) is 11.5 Å². The molecule has 0 aliphatic carbocycles. The molecule has 1 aliphatic heterocycles. The largest absolute Gasteiger partial charge is 0.495 e. The van der Waals surface area contributed by atoms with Crippen molar-refractivity contribution in [1.82, 2.24) is 10.2 Å². The van der Waals surface area contributed by atoms with Crippen molar-refractivity contribution in [3.05, 3.63) is 17.2 Å². The number of ether oxygens (including phenoxy) is 3. The molecule has 8 nitrogen and oxygen atoms in total. The van der Waals surface area contributed by atoms with E-state index >= 15 is 0 Å². The lowest BCUT2D eigenvalue weighted by Gasteiger charge is -2.27. The van der Waals surface area contributed by atoms with Gasteiger partial charge in [-0.3, -0.25) is 19.4 Å². The van der Waals surface area contributed by atoms with E-state index in [1.807, 2.05) is 0 Å². The highest BCUT2D eigenvalue weighted by Gasteiger charge is 2.22.